The van der Waals surface area contributed by atoms with E-state index in [0.717, 1.165) is 11.3 Å². The lowest BCUT2D eigenvalue weighted by molar-refractivity contribution is 0.575. The number of aromatic nitrogens is 2. The summed E-state index contributed by atoms with van der Waals surface area (Å²) in [7, 11) is 0. The van der Waals surface area contributed by atoms with Crippen LogP contribution in [0.3, 0.4) is 0 Å². The Hall–Kier alpha value is -1.81. The van der Waals surface area contributed by atoms with Crippen molar-refractivity contribution in [2.45, 2.75) is 19.5 Å². The SMILES string of the molecule is C[C@H](NCc1cccc(Cl)c1Cl)c1ccc(-n2ccnc2)cc1. The van der Waals surface area contributed by atoms with E-state index < -0.39 is 0 Å². The Kier molecular flexibility index (Phi) is 5.01. The average Bonchev–Trinajstić information content (AvgIpc) is 3.10. The zero-order valence-electron chi connectivity index (χ0n) is 12.7. The van der Waals surface area contributed by atoms with Gasteiger partial charge in [0.1, 0.15) is 0 Å². The van der Waals surface area contributed by atoms with Gasteiger partial charge in [-0.05, 0) is 36.2 Å². The summed E-state index contributed by atoms with van der Waals surface area (Å²) in [6, 6.07) is 14.3. The van der Waals surface area contributed by atoms with Crippen molar-refractivity contribution in [3.8, 4) is 5.69 Å². The van der Waals surface area contributed by atoms with E-state index >= 15 is 0 Å². The lowest BCUT2D eigenvalue weighted by Crippen LogP contribution is -2.18. The van der Waals surface area contributed by atoms with Crippen molar-refractivity contribution in [1.82, 2.24) is 14.9 Å². The first-order chi connectivity index (χ1) is 11.1. The third kappa shape index (κ3) is 3.75. The number of nitrogens with one attached hydrogen (secondary N) is 1. The van der Waals surface area contributed by atoms with Gasteiger partial charge in [-0.25, -0.2) is 4.98 Å². The molecule has 0 fully saturated rings. The van der Waals surface area contributed by atoms with Gasteiger partial charge in [-0.2, -0.15) is 0 Å². The number of nitrogens with zero attached hydrogens (tertiary/aromatic N) is 2. The monoisotopic (exact) mass is 345 g/mol. The molecule has 0 radical (unpaired) electrons. The summed E-state index contributed by atoms with van der Waals surface area (Å²) in [5, 5.41) is 4.68. The minimum atomic E-state index is 0.210. The molecule has 3 rings (SSSR count). The Morgan fingerprint density at radius 2 is 1.91 bits per heavy atom. The van der Waals surface area contributed by atoms with Gasteiger partial charge in [0.15, 0.2) is 0 Å². The highest BCUT2D eigenvalue weighted by Gasteiger charge is 2.08. The molecular weight excluding hydrogens is 329 g/mol. The maximum Gasteiger partial charge on any atom is 0.0991 e. The van der Waals surface area contributed by atoms with Crippen molar-refractivity contribution in [3.05, 3.63) is 82.4 Å². The van der Waals surface area contributed by atoms with Gasteiger partial charge in [0.05, 0.1) is 16.4 Å². The molecule has 1 heterocycles. The summed E-state index contributed by atoms with van der Waals surface area (Å²) < 4.78 is 1.98. The Morgan fingerprint density at radius 1 is 1.13 bits per heavy atom. The molecule has 0 saturated carbocycles. The number of benzene rings is 2. The minimum Gasteiger partial charge on any atom is -0.306 e. The molecule has 0 bridgehead atoms. The number of imidazole rings is 1. The van der Waals surface area contributed by atoms with E-state index in [-0.39, 0.29) is 6.04 Å². The van der Waals surface area contributed by atoms with Crippen LogP contribution in [0.15, 0.2) is 61.2 Å². The molecular formula is C18H17Cl2N3. The Morgan fingerprint density at radius 3 is 2.61 bits per heavy atom. The Bertz CT molecular complexity index is 767. The van der Waals surface area contributed by atoms with Gasteiger partial charge in [0.25, 0.3) is 0 Å². The largest absolute Gasteiger partial charge is 0.306 e. The normalized spacial score (nSPS) is 12.3. The van der Waals surface area contributed by atoms with Gasteiger partial charge in [-0.15, -0.1) is 0 Å². The molecule has 2 aromatic carbocycles. The molecule has 0 aliphatic rings. The Labute approximate surface area is 145 Å². The highest BCUT2D eigenvalue weighted by molar-refractivity contribution is 6.42. The molecule has 3 aromatic rings. The topological polar surface area (TPSA) is 29.9 Å². The number of rotatable bonds is 5. The summed E-state index contributed by atoms with van der Waals surface area (Å²) in [5.74, 6) is 0. The molecule has 1 atom stereocenters. The van der Waals surface area contributed by atoms with Crippen LogP contribution in [0.1, 0.15) is 24.1 Å². The smallest absolute Gasteiger partial charge is 0.0991 e. The van der Waals surface area contributed by atoms with E-state index in [1.165, 1.54) is 5.56 Å². The zero-order valence-corrected chi connectivity index (χ0v) is 14.2. The molecule has 0 aliphatic carbocycles. The van der Waals surface area contributed by atoms with Crippen molar-refractivity contribution >= 4 is 23.2 Å². The molecule has 0 aliphatic heterocycles. The number of hydrogen-bond donors (Lipinski definition) is 1. The molecule has 3 nitrogen and oxygen atoms in total. The predicted octanol–water partition coefficient (Wildman–Crippen LogP) is 5.03. The van der Waals surface area contributed by atoms with Crippen LogP contribution < -0.4 is 5.32 Å². The lowest BCUT2D eigenvalue weighted by atomic mass is 10.1. The van der Waals surface area contributed by atoms with Gasteiger partial charge in [-0.3, -0.25) is 0 Å². The van der Waals surface area contributed by atoms with E-state index in [1.807, 2.05) is 22.9 Å². The molecule has 23 heavy (non-hydrogen) atoms. The van der Waals surface area contributed by atoms with Crippen LogP contribution in [0, 0.1) is 0 Å². The average molecular weight is 346 g/mol. The van der Waals surface area contributed by atoms with Gasteiger partial charge >= 0.3 is 0 Å². The third-order valence-corrected chi connectivity index (χ3v) is 4.68. The summed E-state index contributed by atoms with van der Waals surface area (Å²) >= 11 is 12.3. The number of halogens is 2. The fourth-order valence-electron chi connectivity index (χ4n) is 2.41. The summed E-state index contributed by atoms with van der Waals surface area (Å²) in [5.41, 5.74) is 3.31. The van der Waals surface area contributed by atoms with E-state index in [9.17, 15) is 0 Å². The predicted molar refractivity (Wildman–Crippen MR) is 95.3 cm³/mol. The van der Waals surface area contributed by atoms with Crippen LogP contribution in [0.2, 0.25) is 10.0 Å². The maximum atomic E-state index is 6.22. The van der Waals surface area contributed by atoms with Crippen LogP contribution in [-0.2, 0) is 6.54 Å². The fourth-order valence-corrected chi connectivity index (χ4v) is 2.80. The quantitative estimate of drug-likeness (QED) is 0.702. The third-order valence-electron chi connectivity index (χ3n) is 3.83. The highest BCUT2D eigenvalue weighted by atomic mass is 35.5. The lowest BCUT2D eigenvalue weighted by Gasteiger charge is -2.16. The molecule has 118 valence electrons. The van der Waals surface area contributed by atoms with Crippen LogP contribution in [0.5, 0.6) is 0 Å². The van der Waals surface area contributed by atoms with Crippen LogP contribution in [0.4, 0.5) is 0 Å². The van der Waals surface area contributed by atoms with Gasteiger partial charge in [0.2, 0.25) is 0 Å². The Balaban J connectivity index is 1.66. The summed E-state index contributed by atoms with van der Waals surface area (Å²) in [6.45, 7) is 2.80. The van der Waals surface area contributed by atoms with Gasteiger partial charge < -0.3 is 9.88 Å². The molecule has 0 saturated heterocycles. The molecule has 0 amide bonds. The van der Waals surface area contributed by atoms with Crippen molar-refractivity contribution in [2.75, 3.05) is 0 Å². The maximum absolute atomic E-state index is 6.22. The van der Waals surface area contributed by atoms with Crippen LogP contribution in [0.25, 0.3) is 5.69 Å². The van der Waals surface area contributed by atoms with E-state index in [4.69, 9.17) is 23.2 Å². The van der Waals surface area contributed by atoms with Gasteiger partial charge in [0, 0.05) is 30.7 Å². The van der Waals surface area contributed by atoms with Crippen molar-refractivity contribution in [3.63, 3.8) is 0 Å². The minimum absolute atomic E-state index is 0.210. The van der Waals surface area contributed by atoms with Crippen molar-refractivity contribution in [1.29, 1.82) is 0 Å². The molecule has 0 spiro atoms. The summed E-state index contributed by atoms with van der Waals surface area (Å²) in [6.07, 6.45) is 5.49. The molecule has 0 unspecified atom stereocenters. The van der Waals surface area contributed by atoms with E-state index in [2.05, 4.69) is 41.5 Å². The first kappa shape index (κ1) is 16.1. The molecule has 1 N–H and O–H groups in total. The molecule has 5 heteroatoms. The first-order valence-corrected chi connectivity index (χ1v) is 8.15. The molecule has 1 aromatic heterocycles. The van der Waals surface area contributed by atoms with Gasteiger partial charge in [-0.1, -0.05) is 47.5 Å². The summed E-state index contributed by atoms with van der Waals surface area (Å²) in [4.78, 5) is 4.06. The zero-order chi connectivity index (χ0) is 16.2. The van der Waals surface area contributed by atoms with Crippen molar-refractivity contribution < 1.29 is 0 Å². The van der Waals surface area contributed by atoms with E-state index in [1.54, 1.807) is 18.6 Å². The second-order valence-corrected chi connectivity index (χ2v) is 6.16. The van der Waals surface area contributed by atoms with Crippen LogP contribution >= 0.6 is 23.2 Å². The second-order valence-electron chi connectivity index (χ2n) is 5.38. The van der Waals surface area contributed by atoms with Crippen molar-refractivity contribution in [2.24, 2.45) is 0 Å². The highest BCUT2D eigenvalue weighted by Crippen LogP contribution is 2.26. The van der Waals surface area contributed by atoms with Crippen LogP contribution in [-0.4, -0.2) is 9.55 Å². The fraction of sp³-hybridized carbons (Fsp3) is 0.167. The number of hydrogen-bond acceptors (Lipinski definition) is 2. The van der Waals surface area contributed by atoms with E-state index in [0.29, 0.717) is 16.6 Å². The first-order valence-electron chi connectivity index (χ1n) is 7.39. The standard InChI is InChI=1S/C18H17Cl2N3/c1-13(22-11-15-3-2-4-17(19)18(15)20)14-5-7-16(8-6-14)23-10-9-21-12-23/h2-10,12-13,22H,11H2,1H3/t13-/m0/s1. The second kappa shape index (κ2) is 7.18.